The average molecular weight is 303 g/mol. The lowest BCUT2D eigenvalue weighted by Crippen LogP contribution is -2.29. The van der Waals surface area contributed by atoms with Gasteiger partial charge in [0.25, 0.3) is 0 Å². The zero-order valence-corrected chi connectivity index (χ0v) is 12.7. The zero-order chi connectivity index (χ0) is 14.1. The van der Waals surface area contributed by atoms with Crippen LogP contribution >= 0.6 is 11.6 Å². The second-order valence-electron chi connectivity index (χ2n) is 5.43. The van der Waals surface area contributed by atoms with Crippen LogP contribution in [0.2, 0.25) is 5.02 Å². The topological polar surface area (TPSA) is 58.2 Å². The van der Waals surface area contributed by atoms with Crippen LogP contribution in [-0.4, -0.2) is 22.0 Å². The van der Waals surface area contributed by atoms with Crippen LogP contribution in [0.5, 0.6) is 0 Å². The quantitative estimate of drug-likeness (QED) is 0.846. The summed E-state index contributed by atoms with van der Waals surface area (Å²) in [6.07, 6.45) is 2.14. The molecule has 1 aromatic carbocycles. The Morgan fingerprint density at radius 2 is 2.05 bits per heavy atom. The molecule has 6 heteroatoms. The maximum atomic E-state index is 12.3. The third kappa shape index (κ3) is 3.69. The molecule has 19 heavy (non-hydrogen) atoms. The van der Waals surface area contributed by atoms with E-state index in [1.807, 2.05) is 13.1 Å². The Bertz CT molecular complexity index is 568. The monoisotopic (exact) mass is 302 g/mol. The van der Waals surface area contributed by atoms with Gasteiger partial charge in [-0.1, -0.05) is 24.6 Å². The highest BCUT2D eigenvalue weighted by molar-refractivity contribution is 7.89. The van der Waals surface area contributed by atoms with Crippen molar-refractivity contribution in [2.75, 3.05) is 13.6 Å². The van der Waals surface area contributed by atoms with Crippen LogP contribution < -0.4 is 10.0 Å². The van der Waals surface area contributed by atoms with E-state index >= 15 is 0 Å². The number of sulfonamides is 1. The molecule has 2 rings (SSSR count). The maximum absolute atomic E-state index is 12.3. The summed E-state index contributed by atoms with van der Waals surface area (Å²) in [7, 11) is -1.72. The van der Waals surface area contributed by atoms with Crippen LogP contribution in [0.1, 0.15) is 25.3 Å². The molecule has 4 nitrogen and oxygen atoms in total. The van der Waals surface area contributed by atoms with Crippen LogP contribution in [0.25, 0.3) is 0 Å². The van der Waals surface area contributed by atoms with Crippen molar-refractivity contribution in [3.63, 3.8) is 0 Å². The van der Waals surface area contributed by atoms with Crippen molar-refractivity contribution in [2.45, 2.75) is 31.2 Å². The molecule has 1 aliphatic carbocycles. The molecule has 0 saturated heterocycles. The fourth-order valence-corrected chi connectivity index (χ4v) is 3.55. The van der Waals surface area contributed by atoms with Gasteiger partial charge in [0.1, 0.15) is 4.90 Å². The highest BCUT2D eigenvalue weighted by Crippen LogP contribution is 2.44. The molecule has 0 amide bonds. The molecule has 0 bridgehead atoms. The normalized spacial score (nSPS) is 17.4. The second-order valence-corrected chi connectivity index (χ2v) is 7.57. The second kappa shape index (κ2) is 5.40. The fourth-order valence-electron chi connectivity index (χ4n) is 1.80. The molecule has 1 aromatic rings. The largest absolute Gasteiger partial charge is 0.316 e. The smallest absolute Gasteiger partial charge is 0.242 e. The molecule has 1 fully saturated rings. The first kappa shape index (κ1) is 14.8. The molecule has 0 atom stereocenters. The maximum Gasteiger partial charge on any atom is 0.242 e. The molecule has 106 valence electrons. The van der Waals surface area contributed by atoms with Crippen LogP contribution in [0.15, 0.2) is 23.1 Å². The van der Waals surface area contributed by atoms with Gasteiger partial charge in [0.2, 0.25) is 10.0 Å². The number of rotatable bonds is 6. The fraction of sp³-hybridized carbons (Fsp3) is 0.538. The van der Waals surface area contributed by atoms with E-state index < -0.39 is 10.0 Å². The molecule has 1 saturated carbocycles. The van der Waals surface area contributed by atoms with Gasteiger partial charge in [-0.25, -0.2) is 13.1 Å². The Morgan fingerprint density at radius 1 is 1.37 bits per heavy atom. The van der Waals surface area contributed by atoms with Gasteiger partial charge in [0.05, 0.1) is 5.02 Å². The third-order valence-corrected chi connectivity index (χ3v) is 5.34. The SMILES string of the molecule is CNCc1ccc(Cl)c(S(=O)(=O)NCC2(C)CC2)c1. The predicted molar refractivity (Wildman–Crippen MR) is 76.7 cm³/mol. The van der Waals surface area contributed by atoms with Gasteiger partial charge in [-0.15, -0.1) is 0 Å². The highest BCUT2D eigenvalue weighted by atomic mass is 35.5. The van der Waals surface area contributed by atoms with Crippen molar-refractivity contribution in [1.29, 1.82) is 0 Å². The van der Waals surface area contributed by atoms with E-state index in [0.717, 1.165) is 18.4 Å². The first-order valence-corrected chi connectivity index (χ1v) is 8.15. The summed E-state index contributed by atoms with van der Waals surface area (Å²) in [6.45, 7) is 3.16. The Kier molecular flexibility index (Phi) is 4.20. The van der Waals surface area contributed by atoms with Crippen molar-refractivity contribution in [1.82, 2.24) is 10.0 Å². The van der Waals surface area contributed by atoms with Gasteiger partial charge in [0.15, 0.2) is 0 Å². The molecular formula is C13H19ClN2O2S. The lowest BCUT2D eigenvalue weighted by molar-refractivity contribution is 0.530. The molecule has 0 heterocycles. The number of benzene rings is 1. The van der Waals surface area contributed by atoms with Crippen molar-refractivity contribution >= 4 is 21.6 Å². The minimum Gasteiger partial charge on any atom is -0.316 e. The van der Waals surface area contributed by atoms with Crippen molar-refractivity contribution in [3.05, 3.63) is 28.8 Å². The molecular weight excluding hydrogens is 284 g/mol. The summed E-state index contributed by atoms with van der Waals surface area (Å²) in [5.74, 6) is 0. The highest BCUT2D eigenvalue weighted by Gasteiger charge is 2.38. The van der Waals surface area contributed by atoms with Crippen LogP contribution in [0.3, 0.4) is 0 Å². The average Bonchev–Trinajstić information content (AvgIpc) is 3.09. The molecule has 0 radical (unpaired) electrons. The summed E-state index contributed by atoms with van der Waals surface area (Å²) in [4.78, 5) is 0.158. The van der Waals surface area contributed by atoms with E-state index in [9.17, 15) is 8.42 Å². The Morgan fingerprint density at radius 3 is 2.63 bits per heavy atom. The number of hydrogen-bond donors (Lipinski definition) is 2. The van der Waals surface area contributed by atoms with Gasteiger partial charge in [-0.05, 0) is 43.0 Å². The van der Waals surface area contributed by atoms with E-state index in [1.165, 1.54) is 0 Å². The molecule has 1 aliphatic rings. The number of hydrogen-bond acceptors (Lipinski definition) is 3. The van der Waals surface area contributed by atoms with Gasteiger partial charge >= 0.3 is 0 Å². The van der Waals surface area contributed by atoms with Crippen molar-refractivity contribution in [3.8, 4) is 0 Å². The van der Waals surface area contributed by atoms with E-state index in [-0.39, 0.29) is 15.3 Å². The first-order chi connectivity index (χ1) is 8.86. The minimum atomic E-state index is -3.53. The van der Waals surface area contributed by atoms with Crippen LogP contribution in [-0.2, 0) is 16.6 Å². The summed E-state index contributed by atoms with van der Waals surface area (Å²) in [5, 5.41) is 3.25. The lowest BCUT2D eigenvalue weighted by Gasteiger charge is -2.13. The van der Waals surface area contributed by atoms with E-state index in [1.54, 1.807) is 12.1 Å². The van der Waals surface area contributed by atoms with Crippen molar-refractivity contribution < 1.29 is 8.42 Å². The van der Waals surface area contributed by atoms with E-state index in [0.29, 0.717) is 13.1 Å². The number of halogens is 1. The van der Waals surface area contributed by atoms with Gasteiger partial charge in [0, 0.05) is 13.1 Å². The van der Waals surface area contributed by atoms with Crippen molar-refractivity contribution in [2.24, 2.45) is 5.41 Å². The summed E-state index contributed by atoms with van der Waals surface area (Å²) in [6, 6.07) is 5.07. The van der Waals surface area contributed by atoms with Crippen LogP contribution in [0.4, 0.5) is 0 Å². The van der Waals surface area contributed by atoms with Gasteiger partial charge in [-0.2, -0.15) is 0 Å². The minimum absolute atomic E-state index is 0.127. The zero-order valence-electron chi connectivity index (χ0n) is 11.2. The van der Waals surface area contributed by atoms with Crippen LogP contribution in [0, 0.1) is 5.41 Å². The number of nitrogens with one attached hydrogen (secondary N) is 2. The lowest BCUT2D eigenvalue weighted by atomic mass is 10.2. The molecule has 0 aliphatic heterocycles. The van der Waals surface area contributed by atoms with Gasteiger partial charge < -0.3 is 5.32 Å². The van der Waals surface area contributed by atoms with E-state index in [2.05, 4.69) is 17.0 Å². The van der Waals surface area contributed by atoms with Gasteiger partial charge in [-0.3, -0.25) is 0 Å². The summed E-state index contributed by atoms with van der Waals surface area (Å²) >= 11 is 6.01. The standard InChI is InChI=1S/C13H19ClN2O2S/c1-13(5-6-13)9-16-19(17,18)12-7-10(8-15-2)3-4-11(12)14/h3-4,7,15-16H,5-6,8-9H2,1-2H3. The molecule has 2 N–H and O–H groups in total. The third-order valence-electron chi connectivity index (χ3n) is 3.46. The summed E-state index contributed by atoms with van der Waals surface area (Å²) in [5.41, 5.74) is 1.02. The Labute approximate surface area is 119 Å². The first-order valence-electron chi connectivity index (χ1n) is 6.29. The molecule has 0 spiro atoms. The Balaban J connectivity index is 2.20. The summed E-state index contributed by atoms with van der Waals surface area (Å²) < 4.78 is 27.2. The molecule has 0 aromatic heterocycles. The Hall–Kier alpha value is -0.620. The molecule has 0 unspecified atom stereocenters. The predicted octanol–water partition coefficient (Wildman–Crippen LogP) is 2.14. The van der Waals surface area contributed by atoms with E-state index in [4.69, 9.17) is 11.6 Å².